The summed E-state index contributed by atoms with van der Waals surface area (Å²) in [6.07, 6.45) is 1.69. The van der Waals surface area contributed by atoms with Crippen LogP contribution < -0.4 is 5.43 Å². The normalized spacial score (nSPS) is 10.8. The topological polar surface area (TPSA) is 43.1 Å². The third-order valence-corrected chi connectivity index (χ3v) is 3.07. The molecule has 0 spiro atoms. The molecule has 0 aliphatic heterocycles. The third kappa shape index (κ3) is 1.44. The monoisotopic (exact) mass is 229 g/mol. The van der Waals surface area contributed by atoms with E-state index in [1.54, 1.807) is 18.3 Å². The zero-order valence-electron chi connectivity index (χ0n) is 8.21. The van der Waals surface area contributed by atoms with Crippen molar-refractivity contribution in [3.05, 3.63) is 52.1 Å². The molecule has 2 aromatic heterocycles. The van der Waals surface area contributed by atoms with Gasteiger partial charge in [0.1, 0.15) is 5.58 Å². The van der Waals surface area contributed by atoms with Crippen LogP contribution in [0, 0.1) is 0 Å². The Morgan fingerprint density at radius 1 is 1.25 bits per heavy atom. The maximum Gasteiger partial charge on any atom is 0.193 e. The molecule has 0 amide bonds. The minimum Gasteiger partial charge on any atom is -0.453 e. The van der Waals surface area contributed by atoms with Gasteiger partial charge < -0.3 is 4.42 Å². The molecule has 1 aromatic carbocycles. The lowest BCUT2D eigenvalue weighted by Crippen LogP contribution is -1.99. The Morgan fingerprint density at radius 3 is 2.94 bits per heavy atom. The van der Waals surface area contributed by atoms with Gasteiger partial charge in [0.15, 0.2) is 16.2 Å². The number of fused-ring (bicyclic) bond motifs is 1. The van der Waals surface area contributed by atoms with Gasteiger partial charge in [0.25, 0.3) is 0 Å². The van der Waals surface area contributed by atoms with Gasteiger partial charge in [-0.05, 0) is 12.1 Å². The summed E-state index contributed by atoms with van der Waals surface area (Å²) in [5.74, 6) is 0.527. The lowest BCUT2D eigenvalue weighted by atomic mass is 10.2. The standard InChI is InChI=1S/C12H7NO2S/c14-9-7-11(12-13-5-6-16-12)15-10-4-2-1-3-8(9)10/h1-7H. The van der Waals surface area contributed by atoms with E-state index in [1.165, 1.54) is 17.4 Å². The van der Waals surface area contributed by atoms with Crippen LogP contribution >= 0.6 is 11.3 Å². The lowest BCUT2D eigenvalue weighted by molar-refractivity contribution is 0.618. The molecule has 2 heterocycles. The van der Waals surface area contributed by atoms with Gasteiger partial charge in [0, 0.05) is 17.6 Å². The van der Waals surface area contributed by atoms with Gasteiger partial charge in [-0.15, -0.1) is 11.3 Å². The van der Waals surface area contributed by atoms with E-state index >= 15 is 0 Å². The van der Waals surface area contributed by atoms with Crippen LogP contribution in [-0.2, 0) is 0 Å². The van der Waals surface area contributed by atoms with Crippen molar-refractivity contribution in [2.45, 2.75) is 0 Å². The minimum absolute atomic E-state index is 0.0351. The van der Waals surface area contributed by atoms with E-state index in [2.05, 4.69) is 4.98 Å². The van der Waals surface area contributed by atoms with Gasteiger partial charge in [-0.3, -0.25) is 4.79 Å². The number of aromatic nitrogens is 1. The summed E-state index contributed by atoms with van der Waals surface area (Å²) < 4.78 is 5.63. The molecule has 0 saturated heterocycles. The van der Waals surface area contributed by atoms with Crippen molar-refractivity contribution in [1.82, 2.24) is 4.98 Å². The van der Waals surface area contributed by atoms with E-state index in [0.29, 0.717) is 16.7 Å². The second kappa shape index (κ2) is 3.57. The van der Waals surface area contributed by atoms with Crippen LogP contribution in [0.5, 0.6) is 0 Å². The lowest BCUT2D eigenvalue weighted by Gasteiger charge is -1.98. The molecule has 16 heavy (non-hydrogen) atoms. The first-order chi connectivity index (χ1) is 7.84. The van der Waals surface area contributed by atoms with Crippen LogP contribution in [0.3, 0.4) is 0 Å². The number of para-hydroxylation sites is 1. The van der Waals surface area contributed by atoms with Crippen molar-refractivity contribution in [3.63, 3.8) is 0 Å². The average molecular weight is 229 g/mol. The Morgan fingerprint density at radius 2 is 2.12 bits per heavy atom. The van der Waals surface area contributed by atoms with Crippen molar-refractivity contribution in [1.29, 1.82) is 0 Å². The SMILES string of the molecule is O=c1cc(-c2nccs2)oc2ccccc12. The molecule has 3 aromatic rings. The first kappa shape index (κ1) is 9.30. The maximum atomic E-state index is 11.8. The van der Waals surface area contributed by atoms with Crippen LogP contribution in [0.2, 0.25) is 0 Å². The number of nitrogens with zero attached hydrogens (tertiary/aromatic N) is 1. The molecule has 78 valence electrons. The molecule has 0 unspecified atom stereocenters. The van der Waals surface area contributed by atoms with Crippen LogP contribution in [0.15, 0.2) is 51.1 Å². The van der Waals surface area contributed by atoms with E-state index in [1.807, 2.05) is 17.5 Å². The largest absolute Gasteiger partial charge is 0.453 e. The Kier molecular flexibility index (Phi) is 2.08. The molecule has 3 rings (SSSR count). The molecule has 0 aliphatic carbocycles. The summed E-state index contributed by atoms with van der Waals surface area (Å²) in [6.45, 7) is 0. The smallest absolute Gasteiger partial charge is 0.193 e. The number of rotatable bonds is 1. The molecular weight excluding hydrogens is 222 g/mol. The number of benzene rings is 1. The predicted octanol–water partition coefficient (Wildman–Crippen LogP) is 2.92. The summed E-state index contributed by atoms with van der Waals surface area (Å²) in [7, 11) is 0. The second-order valence-corrected chi connectivity index (χ2v) is 4.20. The van der Waals surface area contributed by atoms with Gasteiger partial charge in [0.2, 0.25) is 0 Å². The molecule has 0 atom stereocenters. The second-order valence-electron chi connectivity index (χ2n) is 3.31. The van der Waals surface area contributed by atoms with Gasteiger partial charge in [-0.25, -0.2) is 4.98 Å². The predicted molar refractivity (Wildman–Crippen MR) is 63.6 cm³/mol. The van der Waals surface area contributed by atoms with Crippen molar-refractivity contribution in [3.8, 4) is 10.8 Å². The van der Waals surface area contributed by atoms with Gasteiger partial charge in [0.05, 0.1) is 5.39 Å². The Bertz CT molecular complexity index is 686. The van der Waals surface area contributed by atoms with E-state index < -0.39 is 0 Å². The first-order valence-electron chi connectivity index (χ1n) is 4.77. The third-order valence-electron chi connectivity index (χ3n) is 2.28. The molecule has 0 aliphatic rings. The molecular formula is C12H7NO2S. The summed E-state index contributed by atoms with van der Waals surface area (Å²) in [6, 6.07) is 8.70. The summed E-state index contributed by atoms with van der Waals surface area (Å²) in [5.41, 5.74) is 0.562. The molecule has 0 radical (unpaired) electrons. The highest BCUT2D eigenvalue weighted by atomic mass is 32.1. The Labute approximate surface area is 95.0 Å². The van der Waals surface area contributed by atoms with Gasteiger partial charge in [-0.2, -0.15) is 0 Å². The van der Waals surface area contributed by atoms with E-state index in [4.69, 9.17) is 4.42 Å². The van der Waals surface area contributed by atoms with E-state index in [9.17, 15) is 4.79 Å². The molecule has 4 heteroatoms. The Balaban J connectivity index is 2.34. The summed E-state index contributed by atoms with van der Waals surface area (Å²) >= 11 is 1.45. The molecule has 3 nitrogen and oxygen atoms in total. The maximum absolute atomic E-state index is 11.8. The Hall–Kier alpha value is -1.94. The first-order valence-corrected chi connectivity index (χ1v) is 5.65. The van der Waals surface area contributed by atoms with Crippen LogP contribution in [0.25, 0.3) is 21.7 Å². The average Bonchev–Trinajstić information content (AvgIpc) is 2.82. The molecule has 0 saturated carbocycles. The summed E-state index contributed by atoms with van der Waals surface area (Å²) in [5, 5.41) is 3.18. The van der Waals surface area contributed by atoms with Gasteiger partial charge in [-0.1, -0.05) is 12.1 Å². The van der Waals surface area contributed by atoms with Crippen molar-refractivity contribution in [2.75, 3.05) is 0 Å². The van der Waals surface area contributed by atoms with Crippen LogP contribution in [0.1, 0.15) is 0 Å². The molecule has 0 N–H and O–H groups in total. The number of hydrogen-bond acceptors (Lipinski definition) is 4. The van der Waals surface area contributed by atoms with Gasteiger partial charge >= 0.3 is 0 Å². The highest BCUT2D eigenvalue weighted by molar-refractivity contribution is 7.13. The van der Waals surface area contributed by atoms with Crippen molar-refractivity contribution < 1.29 is 4.42 Å². The van der Waals surface area contributed by atoms with Crippen molar-refractivity contribution >= 4 is 22.3 Å². The minimum atomic E-state index is -0.0351. The van der Waals surface area contributed by atoms with E-state index in [-0.39, 0.29) is 5.43 Å². The fourth-order valence-corrected chi connectivity index (χ4v) is 2.14. The van der Waals surface area contributed by atoms with Crippen LogP contribution in [-0.4, -0.2) is 4.98 Å². The molecule has 0 bridgehead atoms. The quantitative estimate of drug-likeness (QED) is 0.644. The zero-order valence-corrected chi connectivity index (χ0v) is 9.03. The number of thiazole rings is 1. The zero-order chi connectivity index (χ0) is 11.0. The highest BCUT2D eigenvalue weighted by Gasteiger charge is 2.07. The fourth-order valence-electron chi connectivity index (χ4n) is 1.55. The highest BCUT2D eigenvalue weighted by Crippen LogP contribution is 2.23. The molecule has 0 fully saturated rings. The van der Waals surface area contributed by atoms with Crippen molar-refractivity contribution in [2.24, 2.45) is 0 Å². The van der Waals surface area contributed by atoms with E-state index in [0.717, 1.165) is 5.01 Å². The van der Waals surface area contributed by atoms with Crippen LogP contribution in [0.4, 0.5) is 0 Å². The fraction of sp³-hybridized carbons (Fsp3) is 0. The summed E-state index contributed by atoms with van der Waals surface area (Å²) in [4.78, 5) is 15.9. The number of hydrogen-bond donors (Lipinski definition) is 0.